The van der Waals surface area contributed by atoms with E-state index < -0.39 is 12.0 Å². The molecule has 43 heavy (non-hydrogen) atoms. The fourth-order valence-corrected chi connectivity index (χ4v) is 6.27. The summed E-state index contributed by atoms with van der Waals surface area (Å²) in [4.78, 5) is 47.3. The number of para-hydroxylation sites is 2. The third-order valence-electron chi connectivity index (χ3n) is 8.55. The van der Waals surface area contributed by atoms with Crippen LogP contribution in [0.25, 0.3) is 11.1 Å². The summed E-state index contributed by atoms with van der Waals surface area (Å²) in [6.45, 7) is 2.98. The lowest BCUT2D eigenvalue weighted by Gasteiger charge is -2.28. The Balaban J connectivity index is 1.31. The molecule has 2 aliphatic rings. The largest absolute Gasteiger partial charge is 0.434 e. The molecule has 1 amide bonds. The monoisotopic (exact) mass is 608 g/mol. The Morgan fingerprint density at radius 1 is 1.14 bits per heavy atom. The van der Waals surface area contributed by atoms with Crippen molar-refractivity contribution in [1.82, 2.24) is 15.2 Å². The molecule has 0 aliphatic carbocycles. The molecule has 2 fully saturated rings. The van der Waals surface area contributed by atoms with Gasteiger partial charge in [0.15, 0.2) is 11.4 Å². The first kappa shape index (κ1) is 31.3. The Bertz CT molecular complexity index is 1350. The summed E-state index contributed by atoms with van der Waals surface area (Å²) in [5.41, 5.74) is 7.82. The van der Waals surface area contributed by atoms with E-state index >= 15 is 0 Å². The summed E-state index contributed by atoms with van der Waals surface area (Å²) in [5.74, 6) is -0.803. The van der Waals surface area contributed by atoms with Crippen LogP contribution >= 0.6 is 11.6 Å². The molecule has 4 atom stereocenters. The van der Waals surface area contributed by atoms with Crippen molar-refractivity contribution < 1.29 is 23.5 Å². The van der Waals surface area contributed by atoms with E-state index in [4.69, 9.17) is 26.5 Å². The number of likely N-dealkylation sites (tertiary alicyclic amines) is 1. The Morgan fingerprint density at radius 3 is 2.70 bits per heavy atom. The van der Waals surface area contributed by atoms with Gasteiger partial charge in [-0.2, -0.15) is 0 Å². The second kappa shape index (κ2) is 15.1. The van der Waals surface area contributed by atoms with Crippen LogP contribution in [0.1, 0.15) is 67.6 Å². The normalized spacial score (nSPS) is 21.3. The fraction of sp³-hybridized carbons (Fsp3) is 0.515. The number of benzene rings is 2. The number of nitrogens with zero attached hydrogens (tertiary/aromatic N) is 2. The molecule has 3 aromatic rings. The average Bonchev–Trinajstić information content (AvgIpc) is 3.66. The molecule has 10 heteroatoms. The van der Waals surface area contributed by atoms with E-state index in [-0.39, 0.29) is 41.8 Å². The minimum atomic E-state index is -0.646. The van der Waals surface area contributed by atoms with Gasteiger partial charge in [-0.1, -0.05) is 42.3 Å². The lowest BCUT2D eigenvalue weighted by atomic mass is 9.89. The van der Waals surface area contributed by atoms with Gasteiger partial charge in [0.05, 0.1) is 18.8 Å². The van der Waals surface area contributed by atoms with E-state index in [1.807, 2.05) is 36.4 Å². The lowest BCUT2D eigenvalue weighted by molar-refractivity contribution is -0.138. The SMILES string of the molecule is NCCCC[C@H](CC(=O)[C@@H]1C[C@@H](OCc2ccc(Cl)cc2)CN1C(=O)CC1CCCNC1)C(=O)c1nc2ccccc2o1. The van der Waals surface area contributed by atoms with Crippen LogP contribution in [0.2, 0.25) is 5.02 Å². The van der Waals surface area contributed by atoms with E-state index in [0.717, 1.165) is 37.9 Å². The Hall–Kier alpha value is -3.11. The van der Waals surface area contributed by atoms with Gasteiger partial charge in [0.2, 0.25) is 11.7 Å². The van der Waals surface area contributed by atoms with E-state index in [9.17, 15) is 14.4 Å². The minimum absolute atomic E-state index is 0.00542. The predicted molar refractivity (Wildman–Crippen MR) is 165 cm³/mol. The second-order valence-electron chi connectivity index (χ2n) is 11.8. The van der Waals surface area contributed by atoms with Gasteiger partial charge in [0.25, 0.3) is 5.89 Å². The number of ketones is 2. The summed E-state index contributed by atoms with van der Waals surface area (Å²) < 4.78 is 12.0. The Morgan fingerprint density at radius 2 is 1.95 bits per heavy atom. The van der Waals surface area contributed by atoms with Crippen LogP contribution in [0.5, 0.6) is 0 Å². The number of unbranched alkanes of at least 4 members (excludes halogenated alkanes) is 1. The number of hydrogen-bond donors (Lipinski definition) is 2. The number of piperidine rings is 1. The van der Waals surface area contributed by atoms with Crippen molar-refractivity contribution >= 4 is 40.2 Å². The number of nitrogens with one attached hydrogen (secondary N) is 1. The molecule has 0 spiro atoms. The molecule has 2 aromatic carbocycles. The molecule has 2 saturated heterocycles. The van der Waals surface area contributed by atoms with Gasteiger partial charge in [-0.3, -0.25) is 14.4 Å². The molecule has 2 aliphatic heterocycles. The summed E-state index contributed by atoms with van der Waals surface area (Å²) >= 11 is 6.02. The number of fused-ring (bicyclic) bond motifs is 1. The van der Waals surface area contributed by atoms with E-state index in [0.29, 0.717) is 61.5 Å². The average molecular weight is 609 g/mol. The van der Waals surface area contributed by atoms with Crippen molar-refractivity contribution in [2.75, 3.05) is 26.2 Å². The van der Waals surface area contributed by atoms with Crippen LogP contribution in [0.15, 0.2) is 52.9 Å². The van der Waals surface area contributed by atoms with Crippen LogP contribution in [0.3, 0.4) is 0 Å². The highest BCUT2D eigenvalue weighted by Gasteiger charge is 2.41. The zero-order chi connectivity index (χ0) is 30.2. The third-order valence-corrected chi connectivity index (χ3v) is 8.80. The molecule has 0 bridgehead atoms. The van der Waals surface area contributed by atoms with Gasteiger partial charge >= 0.3 is 0 Å². The van der Waals surface area contributed by atoms with E-state index in [2.05, 4.69) is 10.3 Å². The molecule has 9 nitrogen and oxygen atoms in total. The number of carbonyl (C=O) groups excluding carboxylic acids is 3. The first-order valence-electron chi connectivity index (χ1n) is 15.4. The Kier molecular flexibility index (Phi) is 11.0. The summed E-state index contributed by atoms with van der Waals surface area (Å²) in [7, 11) is 0. The molecule has 3 heterocycles. The number of halogens is 1. The third kappa shape index (κ3) is 8.29. The standard InChI is InChI=1S/C33H41ClN4O5/c34-25-12-10-22(11-13-25)21-42-26-18-28(38(20-26)31(40)16-23-6-5-15-36-19-23)29(39)17-24(7-3-4-14-35)32(41)33-37-27-8-1-2-9-30(27)43-33/h1-2,8-13,23-24,26,28,36H,3-7,14-21,35H2/t23?,24-,26-,28+/m1/s1. The van der Waals surface area contributed by atoms with Crippen LogP contribution in [-0.4, -0.2) is 65.7 Å². The van der Waals surface area contributed by atoms with Crippen molar-refractivity contribution in [2.45, 2.75) is 70.1 Å². The van der Waals surface area contributed by atoms with Gasteiger partial charge in [-0.25, -0.2) is 4.98 Å². The number of hydrogen-bond acceptors (Lipinski definition) is 8. The maximum Gasteiger partial charge on any atom is 0.264 e. The van der Waals surface area contributed by atoms with Gasteiger partial charge in [0.1, 0.15) is 5.52 Å². The summed E-state index contributed by atoms with van der Waals surface area (Å²) in [6, 6.07) is 14.0. The van der Waals surface area contributed by atoms with Crippen molar-refractivity contribution in [3.8, 4) is 0 Å². The quantitative estimate of drug-likeness (QED) is 0.194. The van der Waals surface area contributed by atoms with Crippen molar-refractivity contribution in [2.24, 2.45) is 17.6 Å². The zero-order valence-electron chi connectivity index (χ0n) is 24.5. The number of Topliss-reactive ketones (excluding diaryl/α,β-unsaturated/α-hetero) is 2. The molecular formula is C33H41ClN4O5. The second-order valence-corrected chi connectivity index (χ2v) is 12.2. The first-order chi connectivity index (χ1) is 20.9. The summed E-state index contributed by atoms with van der Waals surface area (Å²) in [5, 5.41) is 4.02. The van der Waals surface area contributed by atoms with Gasteiger partial charge in [-0.15, -0.1) is 0 Å². The number of amides is 1. The highest BCUT2D eigenvalue weighted by molar-refractivity contribution is 6.30. The molecule has 0 radical (unpaired) electrons. The highest BCUT2D eigenvalue weighted by Crippen LogP contribution is 2.29. The molecule has 5 rings (SSSR count). The van der Waals surface area contributed by atoms with Gasteiger partial charge in [-0.05, 0) is 81.1 Å². The summed E-state index contributed by atoms with van der Waals surface area (Å²) in [6.07, 6.45) is 4.47. The molecule has 0 saturated carbocycles. The van der Waals surface area contributed by atoms with Crippen LogP contribution in [0.4, 0.5) is 0 Å². The van der Waals surface area contributed by atoms with Crippen LogP contribution in [0, 0.1) is 11.8 Å². The van der Waals surface area contributed by atoms with E-state index in [1.165, 1.54) is 0 Å². The van der Waals surface area contributed by atoms with Gasteiger partial charge in [0, 0.05) is 36.7 Å². The fourth-order valence-electron chi connectivity index (χ4n) is 6.15. The topological polar surface area (TPSA) is 128 Å². The Labute approximate surface area is 257 Å². The number of carbonyl (C=O) groups is 3. The number of nitrogens with two attached hydrogens (primary N) is 1. The number of ether oxygens (including phenoxy) is 1. The molecule has 1 aromatic heterocycles. The molecule has 1 unspecified atom stereocenters. The minimum Gasteiger partial charge on any atom is -0.434 e. The van der Waals surface area contributed by atoms with Crippen molar-refractivity contribution in [1.29, 1.82) is 0 Å². The molecule has 230 valence electrons. The number of aromatic nitrogens is 1. The number of rotatable bonds is 14. The maximum absolute atomic E-state index is 14.0. The van der Waals surface area contributed by atoms with Crippen LogP contribution < -0.4 is 11.1 Å². The molecule has 3 N–H and O–H groups in total. The van der Waals surface area contributed by atoms with Gasteiger partial charge < -0.3 is 25.1 Å². The predicted octanol–water partition coefficient (Wildman–Crippen LogP) is 4.94. The highest BCUT2D eigenvalue weighted by atomic mass is 35.5. The maximum atomic E-state index is 14.0. The van der Waals surface area contributed by atoms with E-state index in [1.54, 1.807) is 17.0 Å². The smallest absolute Gasteiger partial charge is 0.264 e. The first-order valence-corrected chi connectivity index (χ1v) is 15.8. The van der Waals surface area contributed by atoms with Crippen molar-refractivity contribution in [3.63, 3.8) is 0 Å². The zero-order valence-corrected chi connectivity index (χ0v) is 25.3. The van der Waals surface area contributed by atoms with Crippen LogP contribution in [-0.2, 0) is 20.9 Å². The molecular weight excluding hydrogens is 568 g/mol. The van der Waals surface area contributed by atoms with Crippen molar-refractivity contribution in [3.05, 3.63) is 65.0 Å². The lowest BCUT2D eigenvalue weighted by Crippen LogP contribution is -2.43. The number of oxazole rings is 1.